The average Bonchev–Trinajstić information content (AvgIpc) is 3.37. The summed E-state index contributed by atoms with van der Waals surface area (Å²) in [5, 5.41) is 9.44. The maximum Gasteiger partial charge on any atom is 0.179 e. The largest absolute Gasteiger partial charge is 0.497 e. The van der Waals surface area contributed by atoms with E-state index in [9.17, 15) is 0 Å². The number of aromatic nitrogens is 2. The molecule has 7 rings (SSSR count). The van der Waals surface area contributed by atoms with Crippen LogP contribution in [0.5, 0.6) is 11.5 Å². The Hall–Kier alpha value is -4.79. The zero-order valence-corrected chi connectivity index (χ0v) is 26.0. The van der Waals surface area contributed by atoms with Gasteiger partial charge in [-0.15, -0.1) is 0 Å². The fourth-order valence-corrected chi connectivity index (χ4v) is 6.11. The fourth-order valence-electron chi connectivity index (χ4n) is 5.82. The highest BCUT2D eigenvalue weighted by Crippen LogP contribution is 2.50. The zero-order chi connectivity index (χ0) is 30.5. The first-order chi connectivity index (χ1) is 21.4. The average molecular weight is 624 g/mol. The van der Waals surface area contributed by atoms with E-state index in [1.54, 1.807) is 26.4 Å². The third-order valence-electron chi connectivity index (χ3n) is 7.90. The Labute approximate surface area is 265 Å². The number of benzene rings is 4. The van der Waals surface area contributed by atoms with E-state index in [4.69, 9.17) is 47.8 Å². The van der Waals surface area contributed by atoms with Crippen LogP contribution in [-0.4, -0.2) is 35.7 Å². The van der Waals surface area contributed by atoms with Gasteiger partial charge in [0.1, 0.15) is 11.5 Å². The van der Waals surface area contributed by atoms with Gasteiger partial charge in [0.05, 0.1) is 53.1 Å². The molecule has 0 saturated carbocycles. The van der Waals surface area contributed by atoms with Gasteiger partial charge in [0.2, 0.25) is 0 Å². The molecular weight excluding hydrogens is 595 g/mol. The van der Waals surface area contributed by atoms with Gasteiger partial charge in [-0.05, 0) is 67.9 Å². The Morgan fingerprint density at radius 3 is 2.32 bits per heavy atom. The molecule has 0 amide bonds. The molecule has 0 aliphatic carbocycles. The molecular formula is C34H28Cl2N6O2. The second-order valence-corrected chi connectivity index (χ2v) is 11.4. The zero-order valence-electron chi connectivity index (χ0n) is 24.5. The van der Waals surface area contributed by atoms with E-state index < -0.39 is 0 Å². The van der Waals surface area contributed by atoms with Gasteiger partial charge in [-0.25, -0.2) is 14.7 Å². The van der Waals surface area contributed by atoms with Crippen LogP contribution in [0.4, 0.5) is 22.9 Å². The van der Waals surface area contributed by atoms with E-state index in [1.165, 1.54) is 0 Å². The molecule has 8 nitrogen and oxygen atoms in total. The molecule has 1 N–H and O–H groups in total. The van der Waals surface area contributed by atoms with E-state index in [1.807, 2.05) is 66.2 Å². The lowest BCUT2D eigenvalue weighted by Crippen LogP contribution is -2.46. The topological polar surface area (TPSA) is 76.3 Å². The third-order valence-corrected chi connectivity index (χ3v) is 8.64. The predicted molar refractivity (Wildman–Crippen MR) is 178 cm³/mol. The van der Waals surface area contributed by atoms with Crippen LogP contribution in [0.2, 0.25) is 10.0 Å². The lowest BCUT2D eigenvalue weighted by Gasteiger charge is -2.41. The van der Waals surface area contributed by atoms with Crippen molar-refractivity contribution >= 4 is 57.8 Å². The van der Waals surface area contributed by atoms with E-state index in [0.29, 0.717) is 39.0 Å². The molecule has 0 spiro atoms. The molecule has 5 aromatic rings. The summed E-state index contributed by atoms with van der Waals surface area (Å²) in [7, 11) is 3.32. The summed E-state index contributed by atoms with van der Waals surface area (Å²) in [6, 6.07) is 27.1. The Balaban J connectivity index is 1.52. The maximum atomic E-state index is 6.40. The van der Waals surface area contributed by atoms with Gasteiger partial charge >= 0.3 is 0 Å². The number of hydrogen-bond donors (Lipinski definition) is 1. The van der Waals surface area contributed by atoms with Crippen molar-refractivity contribution in [3.8, 4) is 17.2 Å². The highest BCUT2D eigenvalue weighted by atomic mass is 35.5. The van der Waals surface area contributed by atoms with Crippen LogP contribution in [0.25, 0.3) is 5.69 Å². The Morgan fingerprint density at radius 1 is 0.795 bits per heavy atom. The van der Waals surface area contributed by atoms with Crippen LogP contribution in [0.15, 0.2) is 94.9 Å². The summed E-state index contributed by atoms with van der Waals surface area (Å²) in [5.41, 5.74) is 7.20. The number of aryl methyl sites for hydroxylation is 2. The number of aliphatic imine (C=N–C) groups is 2. The maximum absolute atomic E-state index is 6.40. The number of hydrogen-bond acceptors (Lipinski definition) is 7. The van der Waals surface area contributed by atoms with Crippen molar-refractivity contribution in [2.24, 2.45) is 9.98 Å². The van der Waals surface area contributed by atoms with Gasteiger partial charge < -0.3 is 19.7 Å². The van der Waals surface area contributed by atoms with Crippen molar-refractivity contribution in [1.82, 2.24) is 9.78 Å². The minimum absolute atomic E-state index is 0.363. The molecule has 0 saturated heterocycles. The fraction of sp³-hybridized carbons (Fsp3) is 0.147. The van der Waals surface area contributed by atoms with Gasteiger partial charge in [0.15, 0.2) is 17.5 Å². The Bertz CT molecular complexity index is 2000. The molecule has 3 heterocycles. The number of nitrogens with zero attached hydrogens (tertiary/aromatic N) is 5. The van der Waals surface area contributed by atoms with E-state index in [-0.39, 0.29) is 6.04 Å². The Morgan fingerprint density at radius 2 is 1.57 bits per heavy atom. The molecule has 44 heavy (non-hydrogen) atoms. The number of anilines is 2. The van der Waals surface area contributed by atoms with Crippen molar-refractivity contribution in [2.75, 3.05) is 24.4 Å². The number of methoxy groups -OCH3 is 2. The predicted octanol–water partition coefficient (Wildman–Crippen LogP) is 8.61. The van der Waals surface area contributed by atoms with Crippen molar-refractivity contribution in [3.63, 3.8) is 0 Å². The smallest absolute Gasteiger partial charge is 0.179 e. The highest BCUT2D eigenvalue weighted by Gasteiger charge is 2.42. The lowest BCUT2D eigenvalue weighted by atomic mass is 9.92. The first-order valence-corrected chi connectivity index (χ1v) is 14.8. The van der Waals surface area contributed by atoms with E-state index in [0.717, 1.165) is 45.1 Å². The van der Waals surface area contributed by atoms with Gasteiger partial charge in [-0.1, -0.05) is 53.5 Å². The summed E-state index contributed by atoms with van der Waals surface area (Å²) in [6.45, 7) is 4.09. The van der Waals surface area contributed by atoms with Crippen LogP contribution < -0.4 is 19.7 Å². The number of rotatable bonds is 5. The Kier molecular flexibility index (Phi) is 7.03. The molecule has 1 aromatic heterocycles. The van der Waals surface area contributed by atoms with Gasteiger partial charge in [0, 0.05) is 22.9 Å². The van der Waals surface area contributed by atoms with Crippen LogP contribution in [0, 0.1) is 13.8 Å². The van der Waals surface area contributed by atoms with Crippen molar-refractivity contribution in [1.29, 1.82) is 0 Å². The molecule has 0 unspecified atom stereocenters. The summed E-state index contributed by atoms with van der Waals surface area (Å²) >= 11 is 12.6. The molecule has 0 fully saturated rings. The quantitative estimate of drug-likeness (QED) is 0.212. The number of amidine groups is 2. The van der Waals surface area contributed by atoms with E-state index in [2.05, 4.69) is 35.3 Å². The van der Waals surface area contributed by atoms with Gasteiger partial charge in [-0.2, -0.15) is 5.10 Å². The van der Waals surface area contributed by atoms with Crippen LogP contribution in [0.3, 0.4) is 0 Å². The molecule has 10 heteroatoms. The SMILES string of the molecule is COc1ccc([C@H]2c3c(C)nn(-c4ccccc4C)c3N=C3C(Nc4ccc(Cl)c(Cl)c4)=Nc4ccccc4N32)c(OC)c1. The number of para-hydroxylation sites is 3. The summed E-state index contributed by atoms with van der Waals surface area (Å²) in [6.07, 6.45) is 0. The molecule has 1 atom stereocenters. The molecule has 0 radical (unpaired) electrons. The monoisotopic (exact) mass is 622 g/mol. The van der Waals surface area contributed by atoms with Crippen molar-refractivity contribution < 1.29 is 9.47 Å². The summed E-state index contributed by atoms with van der Waals surface area (Å²) in [4.78, 5) is 12.6. The normalized spacial score (nSPS) is 15.0. The highest BCUT2D eigenvalue weighted by molar-refractivity contribution is 6.52. The van der Waals surface area contributed by atoms with Crippen molar-refractivity contribution in [3.05, 3.63) is 117 Å². The minimum Gasteiger partial charge on any atom is -0.497 e. The molecule has 4 aromatic carbocycles. The first-order valence-electron chi connectivity index (χ1n) is 14.0. The summed E-state index contributed by atoms with van der Waals surface area (Å²) < 4.78 is 13.4. The first kappa shape index (κ1) is 28.0. The number of ether oxygens (including phenoxy) is 2. The van der Waals surface area contributed by atoms with Gasteiger partial charge in [-0.3, -0.25) is 0 Å². The number of halogens is 2. The lowest BCUT2D eigenvalue weighted by molar-refractivity contribution is 0.390. The van der Waals surface area contributed by atoms with Crippen LogP contribution >= 0.6 is 23.2 Å². The summed E-state index contributed by atoms with van der Waals surface area (Å²) in [5.74, 6) is 3.28. The second kappa shape index (κ2) is 11.0. The minimum atomic E-state index is -0.363. The van der Waals surface area contributed by atoms with Crippen LogP contribution in [-0.2, 0) is 0 Å². The van der Waals surface area contributed by atoms with Gasteiger partial charge in [0.25, 0.3) is 0 Å². The second-order valence-electron chi connectivity index (χ2n) is 10.5. The van der Waals surface area contributed by atoms with E-state index >= 15 is 0 Å². The number of nitrogens with one attached hydrogen (secondary N) is 1. The van der Waals surface area contributed by atoms with Crippen LogP contribution in [0.1, 0.15) is 28.4 Å². The molecule has 0 bridgehead atoms. The number of fused-ring (bicyclic) bond motifs is 4. The molecule has 2 aliphatic rings. The molecule has 2 aliphatic heterocycles. The van der Waals surface area contributed by atoms with Crippen molar-refractivity contribution in [2.45, 2.75) is 19.9 Å². The third kappa shape index (κ3) is 4.58. The standard InChI is InChI=1S/C34H28Cl2N6O2/c1-19-9-5-7-11-27(19)42-33-30(20(2)40-42)31(23-15-14-22(43-3)18-29(23)44-4)41-28-12-8-6-10-26(28)38-32(34(41)39-33)37-21-13-16-24(35)25(36)17-21/h5-18,31H,1-4H3,(H,37,38)/t31-/m0/s1. The molecule has 220 valence electrons.